The van der Waals surface area contributed by atoms with E-state index in [1.807, 2.05) is 9.58 Å². The van der Waals surface area contributed by atoms with Crippen molar-refractivity contribution in [2.45, 2.75) is 18.9 Å². The van der Waals surface area contributed by atoms with Gasteiger partial charge < -0.3 is 14.4 Å². The van der Waals surface area contributed by atoms with E-state index in [-0.39, 0.29) is 11.9 Å². The monoisotopic (exact) mass is 348 g/mol. The predicted molar refractivity (Wildman–Crippen MR) is 86.6 cm³/mol. The second-order valence-corrected chi connectivity index (χ2v) is 6.31. The highest BCUT2D eigenvalue weighted by atomic mass is 35.5. The molecule has 0 bridgehead atoms. The molecule has 1 amide bonds. The summed E-state index contributed by atoms with van der Waals surface area (Å²) in [5.74, 6) is 0.985. The molecule has 1 aromatic heterocycles. The van der Waals surface area contributed by atoms with Gasteiger partial charge in [0.05, 0.1) is 11.1 Å². The van der Waals surface area contributed by atoms with Crippen molar-refractivity contribution in [3.05, 3.63) is 35.4 Å². The minimum absolute atomic E-state index is 0.0568. The van der Waals surface area contributed by atoms with E-state index in [0.717, 1.165) is 19.4 Å². The van der Waals surface area contributed by atoms with Gasteiger partial charge in [0, 0.05) is 18.7 Å². The summed E-state index contributed by atoms with van der Waals surface area (Å²) in [5, 5.41) is 4.59. The van der Waals surface area contributed by atoms with Crippen LogP contribution < -0.4 is 9.47 Å². The van der Waals surface area contributed by atoms with Crippen LogP contribution in [0.3, 0.4) is 0 Å². The number of hydrogen-bond acceptors (Lipinski definition) is 5. The first-order valence-corrected chi connectivity index (χ1v) is 8.32. The molecule has 2 aromatic rings. The molecule has 0 unspecified atom stereocenters. The van der Waals surface area contributed by atoms with E-state index in [0.29, 0.717) is 41.8 Å². The second-order valence-electron chi connectivity index (χ2n) is 5.90. The van der Waals surface area contributed by atoms with Crippen LogP contribution in [0.15, 0.2) is 24.8 Å². The average molecular weight is 349 g/mol. The molecule has 1 atom stereocenters. The Morgan fingerprint density at radius 3 is 3.00 bits per heavy atom. The maximum Gasteiger partial charge on any atom is 0.254 e. The smallest absolute Gasteiger partial charge is 0.254 e. The molecular formula is C16H17ClN4O3. The van der Waals surface area contributed by atoms with Crippen LogP contribution >= 0.6 is 11.6 Å². The van der Waals surface area contributed by atoms with E-state index in [1.54, 1.807) is 18.5 Å². The first-order chi connectivity index (χ1) is 11.7. The summed E-state index contributed by atoms with van der Waals surface area (Å²) in [6.45, 7) is 2.25. The maximum atomic E-state index is 12.9. The van der Waals surface area contributed by atoms with Gasteiger partial charge in [0.15, 0.2) is 11.5 Å². The highest BCUT2D eigenvalue weighted by molar-refractivity contribution is 6.32. The van der Waals surface area contributed by atoms with Crippen LogP contribution in [0.1, 0.15) is 29.2 Å². The van der Waals surface area contributed by atoms with Crippen molar-refractivity contribution in [2.24, 2.45) is 0 Å². The van der Waals surface area contributed by atoms with Crippen molar-refractivity contribution >= 4 is 17.5 Å². The Labute approximate surface area is 144 Å². The lowest BCUT2D eigenvalue weighted by Gasteiger charge is -2.33. The van der Waals surface area contributed by atoms with E-state index in [9.17, 15) is 4.79 Å². The molecule has 2 aliphatic heterocycles. The number of piperidine rings is 1. The largest absolute Gasteiger partial charge is 0.486 e. The summed E-state index contributed by atoms with van der Waals surface area (Å²) < 4.78 is 12.9. The number of halogens is 1. The Morgan fingerprint density at radius 1 is 1.29 bits per heavy atom. The molecule has 0 aliphatic carbocycles. The van der Waals surface area contributed by atoms with Gasteiger partial charge in [-0.2, -0.15) is 5.10 Å². The third-order valence-electron chi connectivity index (χ3n) is 4.34. The van der Waals surface area contributed by atoms with Crippen LogP contribution in [0.5, 0.6) is 11.5 Å². The molecule has 126 valence electrons. The summed E-state index contributed by atoms with van der Waals surface area (Å²) in [6, 6.07) is 3.51. The van der Waals surface area contributed by atoms with Gasteiger partial charge in [-0.05, 0) is 25.0 Å². The molecule has 0 spiro atoms. The molecular weight excluding hydrogens is 332 g/mol. The quantitative estimate of drug-likeness (QED) is 0.832. The molecule has 4 rings (SSSR count). The Morgan fingerprint density at radius 2 is 2.17 bits per heavy atom. The number of likely N-dealkylation sites (tertiary alicyclic amines) is 1. The van der Waals surface area contributed by atoms with Crippen molar-refractivity contribution < 1.29 is 14.3 Å². The Kier molecular flexibility index (Phi) is 4.02. The number of rotatable bonds is 2. The lowest BCUT2D eigenvalue weighted by Crippen LogP contribution is -2.40. The van der Waals surface area contributed by atoms with Gasteiger partial charge in [-0.1, -0.05) is 11.6 Å². The highest BCUT2D eigenvalue weighted by Crippen LogP contribution is 2.38. The minimum Gasteiger partial charge on any atom is -0.486 e. The molecule has 1 saturated heterocycles. The van der Waals surface area contributed by atoms with E-state index in [1.165, 1.54) is 6.33 Å². The molecule has 1 aromatic carbocycles. The van der Waals surface area contributed by atoms with Crippen molar-refractivity contribution in [1.82, 2.24) is 19.7 Å². The number of fused-ring (bicyclic) bond motifs is 1. The van der Waals surface area contributed by atoms with Crippen LogP contribution in [0.4, 0.5) is 0 Å². The Bertz CT molecular complexity index is 750. The number of ether oxygens (including phenoxy) is 2. The molecule has 2 aliphatic rings. The molecule has 8 heteroatoms. The highest BCUT2D eigenvalue weighted by Gasteiger charge is 2.27. The van der Waals surface area contributed by atoms with Gasteiger partial charge >= 0.3 is 0 Å². The number of amides is 1. The van der Waals surface area contributed by atoms with Crippen LogP contribution in [0, 0.1) is 0 Å². The lowest BCUT2D eigenvalue weighted by atomic mass is 10.0. The van der Waals surface area contributed by atoms with Crippen molar-refractivity contribution in [1.29, 1.82) is 0 Å². The van der Waals surface area contributed by atoms with Gasteiger partial charge in [-0.15, -0.1) is 0 Å². The number of hydrogen-bond donors (Lipinski definition) is 0. The van der Waals surface area contributed by atoms with E-state index in [2.05, 4.69) is 10.1 Å². The Balaban J connectivity index is 1.56. The normalized spacial score (nSPS) is 20.0. The zero-order valence-corrected chi connectivity index (χ0v) is 13.8. The third kappa shape index (κ3) is 2.80. The number of carbonyl (C=O) groups excluding carboxylic acids is 1. The lowest BCUT2D eigenvalue weighted by molar-refractivity contribution is 0.0671. The fraction of sp³-hybridized carbons (Fsp3) is 0.438. The number of carbonyl (C=O) groups is 1. The van der Waals surface area contributed by atoms with Crippen LogP contribution in [-0.2, 0) is 0 Å². The fourth-order valence-corrected chi connectivity index (χ4v) is 3.44. The molecule has 7 nitrogen and oxygen atoms in total. The fourth-order valence-electron chi connectivity index (χ4n) is 3.18. The van der Waals surface area contributed by atoms with Crippen LogP contribution in [-0.4, -0.2) is 51.9 Å². The molecule has 1 fully saturated rings. The second kappa shape index (κ2) is 6.32. The first kappa shape index (κ1) is 15.3. The molecule has 0 saturated carbocycles. The summed E-state index contributed by atoms with van der Waals surface area (Å²) >= 11 is 6.24. The third-order valence-corrected chi connectivity index (χ3v) is 4.62. The standard InChI is InChI=1S/C16H17ClN4O3/c17-13-6-11(7-14-15(13)24-5-4-23-14)16(22)20-3-1-2-12(8-20)21-10-18-9-19-21/h6-7,9-10,12H,1-5,8H2/t12-/m0/s1. The van der Waals surface area contributed by atoms with Gasteiger partial charge in [0.2, 0.25) is 0 Å². The van der Waals surface area contributed by atoms with Crippen molar-refractivity contribution in [3.63, 3.8) is 0 Å². The van der Waals surface area contributed by atoms with Gasteiger partial charge in [-0.25, -0.2) is 9.67 Å². The average Bonchev–Trinajstić information content (AvgIpc) is 3.16. The van der Waals surface area contributed by atoms with Crippen molar-refractivity contribution in [2.75, 3.05) is 26.3 Å². The summed E-state index contributed by atoms with van der Waals surface area (Å²) in [6.07, 6.45) is 5.12. The molecule has 24 heavy (non-hydrogen) atoms. The van der Waals surface area contributed by atoms with Gasteiger partial charge in [0.1, 0.15) is 25.9 Å². The SMILES string of the molecule is O=C(c1cc(Cl)c2c(c1)OCCO2)N1CCC[C@H](n2cncn2)C1. The summed E-state index contributed by atoms with van der Waals surface area (Å²) in [4.78, 5) is 18.7. The minimum atomic E-state index is -0.0568. The number of nitrogens with zero attached hydrogens (tertiary/aromatic N) is 4. The summed E-state index contributed by atoms with van der Waals surface area (Å²) in [5.41, 5.74) is 0.517. The molecule has 0 radical (unpaired) electrons. The van der Waals surface area contributed by atoms with Gasteiger partial charge in [-0.3, -0.25) is 4.79 Å². The van der Waals surface area contributed by atoms with Gasteiger partial charge in [0.25, 0.3) is 5.91 Å². The zero-order chi connectivity index (χ0) is 16.5. The molecule has 0 N–H and O–H groups in total. The number of aromatic nitrogens is 3. The zero-order valence-electron chi connectivity index (χ0n) is 13.0. The number of benzene rings is 1. The van der Waals surface area contributed by atoms with E-state index >= 15 is 0 Å². The van der Waals surface area contributed by atoms with E-state index < -0.39 is 0 Å². The maximum absolute atomic E-state index is 12.9. The van der Waals surface area contributed by atoms with Crippen LogP contribution in [0.25, 0.3) is 0 Å². The topological polar surface area (TPSA) is 69.5 Å². The van der Waals surface area contributed by atoms with Crippen LogP contribution in [0.2, 0.25) is 5.02 Å². The van der Waals surface area contributed by atoms with E-state index in [4.69, 9.17) is 21.1 Å². The van der Waals surface area contributed by atoms with Crippen molar-refractivity contribution in [3.8, 4) is 11.5 Å². The predicted octanol–water partition coefficient (Wildman–Crippen LogP) is 2.18. The first-order valence-electron chi connectivity index (χ1n) is 7.95. The molecule has 3 heterocycles. The summed E-state index contributed by atoms with van der Waals surface area (Å²) in [7, 11) is 0. The Hall–Kier alpha value is -2.28.